The molecule has 2 N–H and O–H groups in total. The summed E-state index contributed by atoms with van der Waals surface area (Å²) < 4.78 is 6.89. The first-order valence-electron chi connectivity index (χ1n) is 4.00. The summed E-state index contributed by atoms with van der Waals surface area (Å²) in [6.45, 7) is 1.95. The van der Waals surface area contributed by atoms with Crippen molar-refractivity contribution in [1.82, 2.24) is 14.2 Å². The summed E-state index contributed by atoms with van der Waals surface area (Å²) in [6.07, 6.45) is 0. The number of hydrogen-bond acceptors (Lipinski definition) is 4. The van der Waals surface area contributed by atoms with Gasteiger partial charge in [0.15, 0.2) is 0 Å². The molecule has 0 amide bonds. The summed E-state index contributed by atoms with van der Waals surface area (Å²) in [5.74, 6) is 0.680. The molecule has 2 rings (SSSR count). The molecule has 0 unspecified atom stereocenters. The van der Waals surface area contributed by atoms with Crippen LogP contribution in [0.1, 0.15) is 5.56 Å². The fourth-order valence-electron chi connectivity index (χ4n) is 1.25. The average Bonchev–Trinajstić information content (AvgIpc) is 2.66. The zero-order chi connectivity index (χ0) is 10.3. The number of nitrogens with two attached hydrogens (primary N) is 1. The predicted octanol–water partition coefficient (Wildman–Crippen LogP) is 2.20. The molecule has 0 spiro atoms. The first kappa shape index (κ1) is 9.67. The molecule has 14 heavy (non-hydrogen) atoms. The van der Waals surface area contributed by atoms with E-state index >= 15 is 0 Å². The Morgan fingerprint density at radius 1 is 1.50 bits per heavy atom. The van der Waals surface area contributed by atoms with Crippen LogP contribution in [0.4, 0.5) is 5.82 Å². The standard InChI is InChI=1S/C8H9BrN4S/c1-4-6(11-13(2)8(4)10)7-5(9)3-14-12-7/h3H,10H2,1-2H3. The monoisotopic (exact) mass is 272 g/mol. The minimum atomic E-state index is 0.680. The SMILES string of the molecule is Cc1c(-c2nscc2Br)nn(C)c1N. The van der Waals surface area contributed by atoms with E-state index in [1.807, 2.05) is 19.4 Å². The molecule has 0 atom stereocenters. The lowest BCUT2D eigenvalue weighted by molar-refractivity contribution is 0.781. The van der Waals surface area contributed by atoms with Crippen LogP contribution >= 0.6 is 27.5 Å². The van der Waals surface area contributed by atoms with Crippen molar-refractivity contribution in [3.8, 4) is 11.4 Å². The van der Waals surface area contributed by atoms with E-state index in [1.165, 1.54) is 11.5 Å². The molecule has 2 heterocycles. The molecular formula is C8H9BrN4S. The molecule has 0 radical (unpaired) electrons. The lowest BCUT2D eigenvalue weighted by Crippen LogP contribution is -1.97. The highest BCUT2D eigenvalue weighted by Crippen LogP contribution is 2.31. The van der Waals surface area contributed by atoms with Gasteiger partial charge in [0.05, 0.1) is 4.47 Å². The number of anilines is 1. The number of aryl methyl sites for hydroxylation is 1. The maximum Gasteiger partial charge on any atom is 0.124 e. The molecule has 0 aliphatic rings. The Morgan fingerprint density at radius 2 is 2.21 bits per heavy atom. The molecule has 0 fully saturated rings. The molecule has 6 heteroatoms. The van der Waals surface area contributed by atoms with Crippen LogP contribution in [0.25, 0.3) is 11.4 Å². The van der Waals surface area contributed by atoms with Crippen LogP contribution in [0.5, 0.6) is 0 Å². The smallest absolute Gasteiger partial charge is 0.124 e. The van der Waals surface area contributed by atoms with Crippen LogP contribution in [0.15, 0.2) is 9.85 Å². The van der Waals surface area contributed by atoms with Crippen molar-refractivity contribution >= 4 is 33.3 Å². The highest BCUT2D eigenvalue weighted by Gasteiger charge is 2.15. The lowest BCUT2D eigenvalue weighted by Gasteiger charge is -1.93. The molecule has 2 aromatic rings. The second-order valence-electron chi connectivity index (χ2n) is 2.99. The molecule has 0 saturated carbocycles. The van der Waals surface area contributed by atoms with Crippen LogP contribution in [0, 0.1) is 6.92 Å². The lowest BCUT2D eigenvalue weighted by atomic mass is 10.2. The van der Waals surface area contributed by atoms with Gasteiger partial charge in [0, 0.05) is 18.0 Å². The Kier molecular flexibility index (Phi) is 2.32. The summed E-state index contributed by atoms with van der Waals surface area (Å²) in [5.41, 5.74) is 8.50. The molecule has 0 saturated heterocycles. The number of nitrogens with zero attached hydrogens (tertiary/aromatic N) is 3. The van der Waals surface area contributed by atoms with E-state index in [1.54, 1.807) is 4.68 Å². The Balaban J connectivity index is 2.63. The molecule has 74 valence electrons. The van der Waals surface area contributed by atoms with Crippen LogP contribution in [0.3, 0.4) is 0 Å². The maximum absolute atomic E-state index is 5.82. The first-order chi connectivity index (χ1) is 6.61. The normalized spacial score (nSPS) is 10.8. The van der Waals surface area contributed by atoms with Gasteiger partial charge in [-0.25, -0.2) is 0 Å². The third kappa shape index (κ3) is 1.34. The van der Waals surface area contributed by atoms with E-state index in [0.717, 1.165) is 21.4 Å². The van der Waals surface area contributed by atoms with Crippen LogP contribution in [0.2, 0.25) is 0 Å². The summed E-state index contributed by atoms with van der Waals surface area (Å²) in [4.78, 5) is 0. The van der Waals surface area contributed by atoms with Crippen LogP contribution in [-0.2, 0) is 7.05 Å². The van der Waals surface area contributed by atoms with Gasteiger partial charge >= 0.3 is 0 Å². The van der Waals surface area contributed by atoms with Crippen molar-refractivity contribution in [2.24, 2.45) is 7.05 Å². The van der Waals surface area contributed by atoms with E-state index in [4.69, 9.17) is 5.73 Å². The quantitative estimate of drug-likeness (QED) is 0.866. The van der Waals surface area contributed by atoms with Gasteiger partial charge in [-0.15, -0.1) is 0 Å². The van der Waals surface area contributed by atoms with Crippen molar-refractivity contribution in [2.75, 3.05) is 5.73 Å². The summed E-state index contributed by atoms with van der Waals surface area (Å²) in [6, 6.07) is 0. The van der Waals surface area contributed by atoms with Crippen LogP contribution in [-0.4, -0.2) is 14.2 Å². The third-order valence-corrected chi connectivity index (χ3v) is 3.63. The fourth-order valence-corrected chi connectivity index (χ4v) is 2.44. The Bertz CT molecular complexity index is 474. The van der Waals surface area contributed by atoms with Crippen molar-refractivity contribution in [3.05, 3.63) is 15.4 Å². The minimum Gasteiger partial charge on any atom is -0.384 e. The number of nitrogen functional groups attached to an aromatic ring is 1. The topological polar surface area (TPSA) is 56.7 Å². The number of hydrogen-bond donors (Lipinski definition) is 1. The second-order valence-corrected chi connectivity index (χ2v) is 4.48. The molecule has 0 bridgehead atoms. The van der Waals surface area contributed by atoms with Gasteiger partial charge in [0.1, 0.15) is 17.2 Å². The van der Waals surface area contributed by atoms with Crippen molar-refractivity contribution in [2.45, 2.75) is 6.92 Å². The molecule has 2 aromatic heterocycles. The molecular weight excluding hydrogens is 264 g/mol. The molecule has 4 nitrogen and oxygen atoms in total. The van der Waals surface area contributed by atoms with Gasteiger partial charge < -0.3 is 5.73 Å². The molecule has 0 aromatic carbocycles. The largest absolute Gasteiger partial charge is 0.384 e. The minimum absolute atomic E-state index is 0.680. The number of halogens is 1. The highest BCUT2D eigenvalue weighted by atomic mass is 79.9. The van der Waals surface area contributed by atoms with Gasteiger partial charge in [-0.1, -0.05) is 0 Å². The van der Waals surface area contributed by atoms with Gasteiger partial charge in [0.2, 0.25) is 0 Å². The third-order valence-electron chi connectivity index (χ3n) is 2.09. The molecule has 0 aliphatic heterocycles. The summed E-state index contributed by atoms with van der Waals surface area (Å²) >= 11 is 4.83. The average molecular weight is 273 g/mol. The zero-order valence-corrected chi connectivity index (χ0v) is 10.2. The van der Waals surface area contributed by atoms with Gasteiger partial charge in [0.25, 0.3) is 0 Å². The predicted molar refractivity (Wildman–Crippen MR) is 61.2 cm³/mol. The Labute approximate surface area is 94.0 Å². The Hall–Kier alpha value is -0.880. The zero-order valence-electron chi connectivity index (χ0n) is 7.78. The first-order valence-corrected chi connectivity index (χ1v) is 5.63. The van der Waals surface area contributed by atoms with E-state index < -0.39 is 0 Å². The van der Waals surface area contributed by atoms with Crippen molar-refractivity contribution in [1.29, 1.82) is 0 Å². The van der Waals surface area contributed by atoms with E-state index in [9.17, 15) is 0 Å². The van der Waals surface area contributed by atoms with Crippen molar-refractivity contribution < 1.29 is 0 Å². The highest BCUT2D eigenvalue weighted by molar-refractivity contribution is 9.10. The number of aromatic nitrogens is 3. The molecule has 0 aliphatic carbocycles. The van der Waals surface area contributed by atoms with E-state index in [0.29, 0.717) is 5.82 Å². The van der Waals surface area contributed by atoms with Gasteiger partial charge in [-0.3, -0.25) is 4.68 Å². The van der Waals surface area contributed by atoms with E-state index in [-0.39, 0.29) is 0 Å². The van der Waals surface area contributed by atoms with Crippen molar-refractivity contribution in [3.63, 3.8) is 0 Å². The Morgan fingerprint density at radius 3 is 2.64 bits per heavy atom. The fraction of sp³-hybridized carbons (Fsp3) is 0.250. The van der Waals surface area contributed by atoms with Gasteiger partial charge in [-0.2, -0.15) is 9.47 Å². The second kappa shape index (κ2) is 3.36. The summed E-state index contributed by atoms with van der Waals surface area (Å²) in [7, 11) is 1.83. The van der Waals surface area contributed by atoms with E-state index in [2.05, 4.69) is 25.4 Å². The number of rotatable bonds is 1. The summed E-state index contributed by atoms with van der Waals surface area (Å²) in [5, 5.41) is 6.25. The maximum atomic E-state index is 5.82. The van der Waals surface area contributed by atoms with Crippen LogP contribution < -0.4 is 5.73 Å². The van der Waals surface area contributed by atoms with Gasteiger partial charge in [-0.05, 0) is 34.4 Å².